The highest BCUT2D eigenvalue weighted by Crippen LogP contribution is 2.22. The zero-order valence-electron chi connectivity index (χ0n) is 19.2. The first kappa shape index (κ1) is 25.8. The zero-order valence-corrected chi connectivity index (χ0v) is 20.8. The van der Waals surface area contributed by atoms with Crippen LogP contribution in [0, 0.1) is 0 Å². The van der Waals surface area contributed by atoms with Gasteiger partial charge in [-0.25, -0.2) is 14.8 Å². The number of nitrogens with zero attached hydrogens (tertiary/aromatic N) is 5. The molecule has 3 amide bonds. The summed E-state index contributed by atoms with van der Waals surface area (Å²) in [6.45, 7) is 10.4. The van der Waals surface area contributed by atoms with Gasteiger partial charge in [-0.3, -0.25) is 9.69 Å². The van der Waals surface area contributed by atoms with Crippen LogP contribution in [0.5, 0.6) is 0 Å². The molecule has 0 aromatic carbocycles. The van der Waals surface area contributed by atoms with Crippen LogP contribution in [0.1, 0.15) is 19.8 Å². The molecule has 0 radical (unpaired) electrons. The molecular weight excluding hydrogens is 466 g/mol. The summed E-state index contributed by atoms with van der Waals surface area (Å²) in [4.78, 5) is 39.4. The van der Waals surface area contributed by atoms with Crippen LogP contribution in [0.25, 0.3) is 0 Å². The van der Waals surface area contributed by atoms with Crippen LogP contribution < -0.4 is 15.5 Å². The van der Waals surface area contributed by atoms with Crippen LogP contribution in [0.2, 0.25) is 5.15 Å². The highest BCUT2D eigenvalue weighted by atomic mass is 35.5. The molecule has 2 N–H and O–H groups in total. The maximum atomic E-state index is 12.2. The van der Waals surface area contributed by atoms with Crippen molar-refractivity contribution in [3.05, 3.63) is 11.2 Å². The van der Waals surface area contributed by atoms with Crippen molar-refractivity contribution in [1.82, 2.24) is 30.4 Å². The molecule has 12 heteroatoms. The van der Waals surface area contributed by atoms with Crippen molar-refractivity contribution in [2.24, 2.45) is 0 Å². The normalized spacial score (nSPS) is 17.2. The smallest absolute Gasteiger partial charge is 0.317 e. The van der Waals surface area contributed by atoms with Crippen LogP contribution in [-0.4, -0.2) is 110 Å². The number of hydrogen-bond donors (Lipinski definition) is 2. The summed E-state index contributed by atoms with van der Waals surface area (Å²) in [5.41, 5.74) is 0. The van der Waals surface area contributed by atoms with Crippen molar-refractivity contribution in [3.63, 3.8) is 0 Å². The first-order valence-electron chi connectivity index (χ1n) is 11.6. The SMILES string of the molecule is CCCNC(=O)N1CCN(c2cc(Cl)nc(SCC(=O)NCCCN3CCOCC3)n2)CC1. The summed E-state index contributed by atoms with van der Waals surface area (Å²) in [7, 11) is 0. The molecule has 0 aliphatic carbocycles. The number of nitrogens with one attached hydrogen (secondary N) is 2. The Kier molecular flexibility index (Phi) is 10.8. The quantitative estimate of drug-likeness (QED) is 0.215. The van der Waals surface area contributed by atoms with Gasteiger partial charge in [0.1, 0.15) is 11.0 Å². The topological polar surface area (TPSA) is 103 Å². The van der Waals surface area contributed by atoms with Gasteiger partial charge in [0.15, 0.2) is 5.16 Å². The van der Waals surface area contributed by atoms with Crippen molar-refractivity contribution >= 4 is 41.1 Å². The Hall–Kier alpha value is -1.82. The van der Waals surface area contributed by atoms with Crippen molar-refractivity contribution in [1.29, 1.82) is 0 Å². The summed E-state index contributed by atoms with van der Waals surface area (Å²) < 4.78 is 5.34. The molecule has 10 nitrogen and oxygen atoms in total. The molecule has 2 fully saturated rings. The lowest BCUT2D eigenvalue weighted by molar-refractivity contribution is -0.118. The summed E-state index contributed by atoms with van der Waals surface area (Å²) in [5, 5.41) is 6.69. The number of aromatic nitrogens is 2. The summed E-state index contributed by atoms with van der Waals surface area (Å²) in [6.07, 6.45) is 1.83. The summed E-state index contributed by atoms with van der Waals surface area (Å²) >= 11 is 7.49. The molecule has 184 valence electrons. The first-order chi connectivity index (χ1) is 16.0. The molecule has 3 heterocycles. The number of urea groups is 1. The minimum Gasteiger partial charge on any atom is -0.379 e. The number of ether oxygens (including phenoxy) is 1. The maximum absolute atomic E-state index is 12.2. The van der Waals surface area contributed by atoms with Gasteiger partial charge >= 0.3 is 6.03 Å². The van der Waals surface area contributed by atoms with E-state index in [4.69, 9.17) is 16.3 Å². The molecule has 2 saturated heterocycles. The van der Waals surface area contributed by atoms with E-state index in [-0.39, 0.29) is 17.7 Å². The monoisotopic (exact) mass is 499 g/mol. The Labute approximate surface area is 204 Å². The van der Waals surface area contributed by atoms with E-state index in [1.54, 1.807) is 6.07 Å². The number of anilines is 1. The number of morpholine rings is 1. The minimum absolute atomic E-state index is 0.0237. The Morgan fingerprint density at radius 1 is 1.09 bits per heavy atom. The van der Waals surface area contributed by atoms with E-state index >= 15 is 0 Å². The number of carbonyl (C=O) groups excluding carboxylic acids is 2. The average molecular weight is 500 g/mol. The fourth-order valence-corrected chi connectivity index (χ4v) is 4.54. The number of rotatable bonds is 10. The second-order valence-corrected chi connectivity index (χ2v) is 9.31. The number of carbonyl (C=O) groups is 2. The molecule has 33 heavy (non-hydrogen) atoms. The van der Waals surface area contributed by atoms with Gasteiger partial charge in [0, 0.05) is 58.4 Å². The van der Waals surface area contributed by atoms with E-state index in [1.807, 2.05) is 11.8 Å². The van der Waals surface area contributed by atoms with Crippen LogP contribution in [0.3, 0.4) is 0 Å². The second-order valence-electron chi connectivity index (χ2n) is 7.98. The zero-order chi connectivity index (χ0) is 23.5. The molecule has 0 unspecified atom stereocenters. The largest absolute Gasteiger partial charge is 0.379 e. The molecule has 3 rings (SSSR count). The van der Waals surface area contributed by atoms with Gasteiger partial charge in [-0.1, -0.05) is 30.3 Å². The Morgan fingerprint density at radius 3 is 2.58 bits per heavy atom. The molecule has 2 aliphatic rings. The van der Waals surface area contributed by atoms with Crippen LogP contribution in [0.15, 0.2) is 11.2 Å². The Bertz CT molecular complexity index is 774. The Balaban J connectivity index is 1.39. The molecule has 0 saturated carbocycles. The van der Waals surface area contributed by atoms with E-state index in [2.05, 4.69) is 30.4 Å². The molecule has 1 aromatic heterocycles. The fraction of sp³-hybridized carbons (Fsp3) is 0.714. The third-order valence-corrected chi connectivity index (χ3v) is 6.53. The van der Waals surface area contributed by atoms with Crippen LogP contribution >= 0.6 is 23.4 Å². The number of halogens is 1. The van der Waals surface area contributed by atoms with Crippen molar-refractivity contribution in [3.8, 4) is 0 Å². The predicted molar refractivity (Wildman–Crippen MR) is 130 cm³/mol. The van der Waals surface area contributed by atoms with Gasteiger partial charge in [-0.2, -0.15) is 0 Å². The lowest BCUT2D eigenvalue weighted by atomic mass is 10.3. The lowest BCUT2D eigenvalue weighted by Crippen LogP contribution is -2.52. The predicted octanol–water partition coefficient (Wildman–Crippen LogP) is 1.30. The highest BCUT2D eigenvalue weighted by Gasteiger charge is 2.22. The number of hydrogen-bond acceptors (Lipinski definition) is 8. The lowest BCUT2D eigenvalue weighted by Gasteiger charge is -2.35. The minimum atomic E-state index is -0.0428. The third kappa shape index (κ3) is 8.80. The van der Waals surface area contributed by atoms with Gasteiger partial charge in [0.05, 0.1) is 19.0 Å². The van der Waals surface area contributed by atoms with Crippen molar-refractivity contribution in [2.45, 2.75) is 24.9 Å². The average Bonchev–Trinajstić information content (AvgIpc) is 2.84. The second kappa shape index (κ2) is 13.8. The fourth-order valence-electron chi connectivity index (χ4n) is 3.63. The standard InChI is InChI=1S/C21H34ClN7O3S/c1-2-4-24-21(31)29-9-7-28(8-10-29)18-15-17(22)25-20(26-18)33-16-19(30)23-5-3-6-27-11-13-32-14-12-27/h15H,2-14,16H2,1H3,(H,23,30)(H,24,31). The van der Waals surface area contributed by atoms with Gasteiger partial charge in [0.2, 0.25) is 5.91 Å². The molecule has 0 spiro atoms. The summed E-state index contributed by atoms with van der Waals surface area (Å²) in [5.74, 6) is 0.916. The van der Waals surface area contributed by atoms with Gasteiger partial charge in [-0.05, 0) is 19.4 Å². The maximum Gasteiger partial charge on any atom is 0.317 e. The molecule has 0 atom stereocenters. The van der Waals surface area contributed by atoms with E-state index < -0.39 is 0 Å². The van der Waals surface area contributed by atoms with E-state index in [9.17, 15) is 9.59 Å². The van der Waals surface area contributed by atoms with E-state index in [1.165, 1.54) is 11.8 Å². The van der Waals surface area contributed by atoms with Crippen molar-refractivity contribution < 1.29 is 14.3 Å². The van der Waals surface area contributed by atoms with Crippen LogP contribution in [0.4, 0.5) is 10.6 Å². The highest BCUT2D eigenvalue weighted by molar-refractivity contribution is 7.99. The number of thioether (sulfide) groups is 1. The van der Waals surface area contributed by atoms with Crippen molar-refractivity contribution in [2.75, 3.05) is 82.8 Å². The molecule has 0 bridgehead atoms. The Morgan fingerprint density at radius 2 is 1.85 bits per heavy atom. The van der Waals surface area contributed by atoms with Gasteiger partial charge in [-0.15, -0.1) is 0 Å². The van der Waals surface area contributed by atoms with Crippen LogP contribution in [-0.2, 0) is 9.53 Å². The van der Waals surface area contributed by atoms with E-state index in [0.717, 1.165) is 51.5 Å². The van der Waals surface area contributed by atoms with Gasteiger partial charge in [0.25, 0.3) is 0 Å². The molecule has 1 aromatic rings. The number of amides is 3. The molecular formula is C21H34ClN7O3S. The van der Waals surface area contributed by atoms with Gasteiger partial charge < -0.3 is 25.2 Å². The van der Waals surface area contributed by atoms with E-state index in [0.29, 0.717) is 49.6 Å². The summed E-state index contributed by atoms with van der Waals surface area (Å²) in [6, 6.07) is 1.70. The first-order valence-corrected chi connectivity index (χ1v) is 12.9. The number of piperazine rings is 1. The molecule has 2 aliphatic heterocycles. The third-order valence-electron chi connectivity index (χ3n) is 5.49.